The number of fused-ring (bicyclic) bond motifs is 1. The van der Waals surface area contributed by atoms with Crippen LogP contribution >= 0.6 is 0 Å². The number of pyridine rings is 1. The fraction of sp³-hybridized carbons (Fsp3) is 0.182. The molecule has 68 valence electrons. The summed E-state index contributed by atoms with van der Waals surface area (Å²) >= 11 is 0. The van der Waals surface area contributed by atoms with Crippen LogP contribution in [-0.4, -0.2) is 4.98 Å². The molecule has 0 bridgehead atoms. The zero-order chi connectivity index (χ0) is 8.55. The quantitative estimate of drug-likeness (QED) is 0.667. The first-order valence-electron chi connectivity index (χ1n) is 4.10. The number of benzene rings is 1. The van der Waals surface area contributed by atoms with Crippen molar-refractivity contribution in [1.82, 2.24) is 11.1 Å². The summed E-state index contributed by atoms with van der Waals surface area (Å²) in [5, 5.41) is 1.22. The summed E-state index contributed by atoms with van der Waals surface area (Å²) in [5.74, 6) is 0. The molecule has 2 nitrogen and oxygen atoms in total. The SMILES string of the molecule is Cc1cc2ccccc2nc1C.N. The summed E-state index contributed by atoms with van der Waals surface area (Å²) in [7, 11) is 0. The van der Waals surface area contributed by atoms with Crippen molar-refractivity contribution in [3.05, 3.63) is 41.6 Å². The molecule has 13 heavy (non-hydrogen) atoms. The molecule has 3 N–H and O–H groups in total. The van der Waals surface area contributed by atoms with Gasteiger partial charge in [0.2, 0.25) is 0 Å². The van der Waals surface area contributed by atoms with Crippen molar-refractivity contribution in [3.63, 3.8) is 0 Å². The maximum Gasteiger partial charge on any atom is 0.0705 e. The molecule has 2 rings (SSSR count). The van der Waals surface area contributed by atoms with Gasteiger partial charge in [0.15, 0.2) is 0 Å². The maximum absolute atomic E-state index is 4.48. The second-order valence-corrected chi connectivity index (χ2v) is 3.08. The molecular formula is C11H14N2. The number of rotatable bonds is 0. The predicted molar refractivity (Wildman–Crippen MR) is 56.2 cm³/mol. The lowest BCUT2D eigenvalue weighted by Gasteiger charge is -2.01. The molecule has 0 saturated heterocycles. The van der Waals surface area contributed by atoms with Gasteiger partial charge in [0.1, 0.15) is 0 Å². The molecule has 1 heterocycles. The Morgan fingerprint density at radius 3 is 2.54 bits per heavy atom. The Bertz CT molecular complexity index is 381. The van der Waals surface area contributed by atoms with E-state index in [2.05, 4.69) is 24.0 Å². The van der Waals surface area contributed by atoms with Crippen LogP contribution in [0.2, 0.25) is 0 Å². The zero-order valence-corrected chi connectivity index (χ0v) is 8.04. The summed E-state index contributed by atoms with van der Waals surface area (Å²) in [6, 6.07) is 10.4. The van der Waals surface area contributed by atoms with E-state index in [1.807, 2.05) is 25.1 Å². The second-order valence-electron chi connectivity index (χ2n) is 3.08. The Labute approximate surface area is 78.2 Å². The number of para-hydroxylation sites is 1. The molecule has 0 fully saturated rings. The Balaban J connectivity index is 0.000000845. The topological polar surface area (TPSA) is 47.9 Å². The predicted octanol–water partition coefficient (Wildman–Crippen LogP) is 3.01. The van der Waals surface area contributed by atoms with Gasteiger partial charge in [-0.1, -0.05) is 18.2 Å². The first-order chi connectivity index (χ1) is 5.77. The maximum atomic E-state index is 4.48. The second kappa shape index (κ2) is 3.54. The van der Waals surface area contributed by atoms with Gasteiger partial charge in [0, 0.05) is 11.1 Å². The molecule has 0 atom stereocenters. The Morgan fingerprint density at radius 2 is 1.77 bits per heavy atom. The summed E-state index contributed by atoms with van der Waals surface area (Å²) in [6.07, 6.45) is 0. The highest BCUT2D eigenvalue weighted by Crippen LogP contribution is 2.14. The largest absolute Gasteiger partial charge is 0.344 e. The molecule has 0 aliphatic heterocycles. The van der Waals surface area contributed by atoms with E-state index in [4.69, 9.17) is 0 Å². The average molecular weight is 174 g/mol. The third kappa shape index (κ3) is 1.68. The van der Waals surface area contributed by atoms with Crippen LogP contribution in [0, 0.1) is 13.8 Å². The van der Waals surface area contributed by atoms with E-state index in [0.29, 0.717) is 0 Å². The third-order valence-corrected chi connectivity index (χ3v) is 2.17. The summed E-state index contributed by atoms with van der Waals surface area (Å²) < 4.78 is 0. The highest BCUT2D eigenvalue weighted by atomic mass is 14.7. The minimum Gasteiger partial charge on any atom is -0.344 e. The number of hydrogen-bond acceptors (Lipinski definition) is 2. The standard InChI is InChI=1S/C11H11N.H3N/c1-8-7-10-5-3-4-6-11(10)12-9(8)2;/h3-7H,1-2H3;1H3. The fourth-order valence-corrected chi connectivity index (χ4v) is 1.32. The van der Waals surface area contributed by atoms with Crippen LogP contribution in [-0.2, 0) is 0 Å². The van der Waals surface area contributed by atoms with Crippen molar-refractivity contribution in [2.45, 2.75) is 13.8 Å². The van der Waals surface area contributed by atoms with Gasteiger partial charge in [-0.2, -0.15) is 0 Å². The molecule has 1 aromatic carbocycles. The van der Waals surface area contributed by atoms with E-state index >= 15 is 0 Å². The van der Waals surface area contributed by atoms with Crippen molar-refractivity contribution in [2.75, 3.05) is 0 Å². The van der Waals surface area contributed by atoms with Gasteiger partial charge in [0.05, 0.1) is 5.52 Å². The van der Waals surface area contributed by atoms with E-state index in [9.17, 15) is 0 Å². The van der Waals surface area contributed by atoms with E-state index < -0.39 is 0 Å². The monoisotopic (exact) mass is 174 g/mol. The normalized spacial score (nSPS) is 9.69. The molecule has 0 radical (unpaired) electrons. The molecule has 0 aliphatic rings. The summed E-state index contributed by atoms with van der Waals surface area (Å²) in [5.41, 5.74) is 3.46. The van der Waals surface area contributed by atoms with Crippen LogP contribution in [0.1, 0.15) is 11.3 Å². The van der Waals surface area contributed by atoms with Gasteiger partial charge in [-0.05, 0) is 31.5 Å². The molecule has 0 spiro atoms. The van der Waals surface area contributed by atoms with Crippen LogP contribution in [0.3, 0.4) is 0 Å². The lowest BCUT2D eigenvalue weighted by atomic mass is 10.1. The van der Waals surface area contributed by atoms with Crippen molar-refractivity contribution in [3.8, 4) is 0 Å². The molecule has 1 aromatic heterocycles. The van der Waals surface area contributed by atoms with Gasteiger partial charge in [-0.25, -0.2) is 0 Å². The third-order valence-electron chi connectivity index (χ3n) is 2.17. The average Bonchev–Trinajstić information content (AvgIpc) is 2.07. The van der Waals surface area contributed by atoms with Crippen LogP contribution in [0.4, 0.5) is 0 Å². The molecular weight excluding hydrogens is 160 g/mol. The van der Waals surface area contributed by atoms with E-state index in [1.54, 1.807) is 0 Å². The highest BCUT2D eigenvalue weighted by molar-refractivity contribution is 5.79. The number of aromatic nitrogens is 1. The number of nitrogens with zero attached hydrogens (tertiary/aromatic N) is 1. The van der Waals surface area contributed by atoms with Gasteiger partial charge in [-0.15, -0.1) is 0 Å². The van der Waals surface area contributed by atoms with Crippen LogP contribution < -0.4 is 6.15 Å². The highest BCUT2D eigenvalue weighted by Gasteiger charge is 1.96. The van der Waals surface area contributed by atoms with Crippen LogP contribution in [0.15, 0.2) is 30.3 Å². The van der Waals surface area contributed by atoms with Crippen molar-refractivity contribution >= 4 is 10.9 Å². The van der Waals surface area contributed by atoms with Crippen molar-refractivity contribution < 1.29 is 0 Å². The molecule has 0 aliphatic carbocycles. The Kier molecular flexibility index (Phi) is 2.63. The Morgan fingerprint density at radius 1 is 1.08 bits per heavy atom. The number of hydrogen-bond donors (Lipinski definition) is 1. The van der Waals surface area contributed by atoms with Gasteiger partial charge in [0.25, 0.3) is 0 Å². The van der Waals surface area contributed by atoms with E-state index in [0.717, 1.165) is 11.2 Å². The lowest BCUT2D eigenvalue weighted by molar-refractivity contribution is 1.20. The molecule has 0 unspecified atom stereocenters. The fourth-order valence-electron chi connectivity index (χ4n) is 1.32. The Hall–Kier alpha value is -1.41. The van der Waals surface area contributed by atoms with Crippen molar-refractivity contribution in [2.24, 2.45) is 0 Å². The molecule has 2 heteroatoms. The molecule has 0 saturated carbocycles. The number of aryl methyl sites for hydroxylation is 2. The molecule has 2 aromatic rings. The summed E-state index contributed by atoms with van der Waals surface area (Å²) in [4.78, 5) is 4.48. The first kappa shape index (κ1) is 9.68. The molecule has 0 amide bonds. The zero-order valence-electron chi connectivity index (χ0n) is 8.04. The lowest BCUT2D eigenvalue weighted by Crippen LogP contribution is -1.87. The van der Waals surface area contributed by atoms with Gasteiger partial charge in [-0.3, -0.25) is 4.98 Å². The van der Waals surface area contributed by atoms with Crippen molar-refractivity contribution in [1.29, 1.82) is 0 Å². The first-order valence-corrected chi connectivity index (χ1v) is 4.10. The van der Waals surface area contributed by atoms with E-state index in [-0.39, 0.29) is 6.15 Å². The van der Waals surface area contributed by atoms with Gasteiger partial charge >= 0.3 is 0 Å². The summed E-state index contributed by atoms with van der Waals surface area (Å²) in [6.45, 7) is 4.14. The minimum atomic E-state index is 0. The van der Waals surface area contributed by atoms with E-state index in [1.165, 1.54) is 10.9 Å². The van der Waals surface area contributed by atoms with Gasteiger partial charge < -0.3 is 6.15 Å². The van der Waals surface area contributed by atoms with Crippen LogP contribution in [0.5, 0.6) is 0 Å². The minimum absolute atomic E-state index is 0. The van der Waals surface area contributed by atoms with Crippen LogP contribution in [0.25, 0.3) is 10.9 Å². The smallest absolute Gasteiger partial charge is 0.0705 e.